The van der Waals surface area contributed by atoms with Crippen molar-refractivity contribution in [2.75, 3.05) is 10.2 Å². The number of ketones is 1. The first kappa shape index (κ1) is 23.2. The number of pyridine rings is 1. The van der Waals surface area contributed by atoms with Gasteiger partial charge in [-0.1, -0.05) is 18.2 Å². The summed E-state index contributed by atoms with van der Waals surface area (Å²) < 4.78 is 5.95. The summed E-state index contributed by atoms with van der Waals surface area (Å²) in [6.45, 7) is 1.93. The lowest BCUT2D eigenvalue weighted by Gasteiger charge is -2.29. The number of rotatable bonds is 5. The van der Waals surface area contributed by atoms with E-state index < -0.39 is 0 Å². The number of nitrogens with one attached hydrogen (secondary N) is 2. The normalized spacial score (nSPS) is 15.5. The van der Waals surface area contributed by atoms with Crippen LogP contribution in [0.4, 0.5) is 21.9 Å². The Morgan fingerprint density at radius 1 is 1.05 bits per heavy atom. The van der Waals surface area contributed by atoms with Crippen LogP contribution in [0.1, 0.15) is 40.9 Å². The highest BCUT2D eigenvalue weighted by Crippen LogP contribution is 2.46. The van der Waals surface area contributed by atoms with Crippen LogP contribution in [-0.2, 0) is 4.79 Å². The molecule has 186 valence electrons. The first-order valence-electron chi connectivity index (χ1n) is 12.2. The molecule has 0 unspecified atom stereocenters. The Morgan fingerprint density at radius 3 is 2.59 bits per heavy atom. The van der Waals surface area contributed by atoms with Crippen molar-refractivity contribution < 1.29 is 19.1 Å². The summed E-state index contributed by atoms with van der Waals surface area (Å²) >= 11 is 1.26. The second-order valence-corrected chi connectivity index (χ2v) is 10.2. The van der Waals surface area contributed by atoms with Gasteiger partial charge in [0.2, 0.25) is 0 Å². The molecule has 2 N–H and O–H groups in total. The van der Waals surface area contributed by atoms with E-state index in [1.54, 1.807) is 17.2 Å². The Labute approximate surface area is 217 Å². The molecular formula is C28H24N4O4S. The third-order valence-corrected chi connectivity index (χ3v) is 7.82. The SMILES string of the molecule is Cc1cc(Oc2ccccc2)ccc1N1C(=O)Nc2c(C(=O)NC3CCC(=O)CC3)sc3nccc1c23. The van der Waals surface area contributed by atoms with E-state index in [1.807, 2.05) is 55.5 Å². The molecule has 1 saturated carbocycles. The molecule has 2 aromatic heterocycles. The number of hydrogen-bond acceptors (Lipinski definition) is 6. The minimum atomic E-state index is -0.351. The van der Waals surface area contributed by atoms with E-state index in [1.165, 1.54) is 11.3 Å². The molecule has 0 spiro atoms. The topological polar surface area (TPSA) is 101 Å². The van der Waals surface area contributed by atoms with Gasteiger partial charge < -0.3 is 15.4 Å². The molecule has 37 heavy (non-hydrogen) atoms. The number of anilines is 3. The number of benzene rings is 2. The molecule has 9 heteroatoms. The maximum Gasteiger partial charge on any atom is 0.331 e. The number of carbonyl (C=O) groups excluding carboxylic acids is 3. The van der Waals surface area contributed by atoms with Crippen LogP contribution in [0.3, 0.4) is 0 Å². The summed E-state index contributed by atoms with van der Waals surface area (Å²) in [7, 11) is 0. The van der Waals surface area contributed by atoms with Crippen LogP contribution in [-0.4, -0.2) is 28.7 Å². The summed E-state index contributed by atoms with van der Waals surface area (Å²) in [6.07, 6.45) is 3.89. The molecule has 8 nitrogen and oxygen atoms in total. The number of para-hydroxylation sites is 1. The lowest BCUT2D eigenvalue weighted by atomic mass is 9.94. The summed E-state index contributed by atoms with van der Waals surface area (Å²) in [5.41, 5.74) is 2.72. The van der Waals surface area contributed by atoms with Crippen LogP contribution in [0.15, 0.2) is 60.8 Å². The fourth-order valence-corrected chi connectivity index (χ4v) is 5.91. The van der Waals surface area contributed by atoms with Crippen molar-refractivity contribution in [1.29, 1.82) is 0 Å². The molecule has 0 atom stereocenters. The highest BCUT2D eigenvalue weighted by molar-refractivity contribution is 7.21. The second-order valence-electron chi connectivity index (χ2n) is 9.23. The van der Waals surface area contributed by atoms with Gasteiger partial charge >= 0.3 is 6.03 Å². The Morgan fingerprint density at radius 2 is 1.84 bits per heavy atom. The van der Waals surface area contributed by atoms with Crippen molar-refractivity contribution in [2.45, 2.75) is 38.6 Å². The largest absolute Gasteiger partial charge is 0.457 e. The van der Waals surface area contributed by atoms with Gasteiger partial charge in [-0.05, 0) is 61.7 Å². The lowest BCUT2D eigenvalue weighted by Crippen LogP contribution is -2.38. The first-order chi connectivity index (χ1) is 18.0. The molecule has 6 rings (SSSR count). The predicted octanol–water partition coefficient (Wildman–Crippen LogP) is 6.32. The van der Waals surface area contributed by atoms with E-state index in [0.717, 1.165) is 16.7 Å². The van der Waals surface area contributed by atoms with E-state index in [4.69, 9.17) is 4.74 Å². The fraction of sp³-hybridized carbons (Fsp3) is 0.214. The molecular weight excluding hydrogens is 488 g/mol. The van der Waals surface area contributed by atoms with Crippen LogP contribution in [0.25, 0.3) is 10.2 Å². The highest BCUT2D eigenvalue weighted by Gasteiger charge is 2.34. The third-order valence-electron chi connectivity index (χ3n) is 6.72. The number of Topliss-reactive ketones (excluding diaryl/α,β-unsaturated/α-hetero) is 1. The van der Waals surface area contributed by atoms with Crippen molar-refractivity contribution in [1.82, 2.24) is 10.3 Å². The summed E-state index contributed by atoms with van der Waals surface area (Å²) in [6, 6.07) is 16.5. The van der Waals surface area contributed by atoms with Crippen LogP contribution in [0.2, 0.25) is 0 Å². The van der Waals surface area contributed by atoms with Crippen molar-refractivity contribution in [3.8, 4) is 11.5 Å². The monoisotopic (exact) mass is 512 g/mol. The molecule has 2 aliphatic rings. The Hall–Kier alpha value is -4.24. The summed E-state index contributed by atoms with van der Waals surface area (Å²) in [4.78, 5) is 45.3. The minimum Gasteiger partial charge on any atom is -0.457 e. The molecule has 3 amide bonds. The molecule has 1 fully saturated rings. The molecule has 2 aromatic carbocycles. The zero-order valence-electron chi connectivity index (χ0n) is 20.1. The third kappa shape index (κ3) is 4.31. The van der Waals surface area contributed by atoms with Crippen LogP contribution in [0.5, 0.6) is 11.5 Å². The van der Waals surface area contributed by atoms with Gasteiger partial charge in [0, 0.05) is 25.1 Å². The van der Waals surface area contributed by atoms with Gasteiger partial charge in [-0.15, -0.1) is 11.3 Å². The number of aromatic nitrogens is 1. The molecule has 0 saturated heterocycles. The van der Waals surface area contributed by atoms with E-state index in [0.29, 0.717) is 58.2 Å². The number of amides is 3. The first-order valence-corrected chi connectivity index (χ1v) is 13.0. The van der Waals surface area contributed by atoms with Gasteiger partial charge in [0.1, 0.15) is 27.0 Å². The van der Waals surface area contributed by atoms with Gasteiger partial charge in [-0.2, -0.15) is 0 Å². The molecule has 0 radical (unpaired) electrons. The Bertz CT molecular complexity index is 1540. The predicted molar refractivity (Wildman–Crippen MR) is 143 cm³/mol. The summed E-state index contributed by atoms with van der Waals surface area (Å²) in [5, 5.41) is 6.72. The van der Waals surface area contributed by atoms with Crippen LogP contribution < -0.4 is 20.3 Å². The quantitative estimate of drug-likeness (QED) is 0.326. The van der Waals surface area contributed by atoms with Crippen LogP contribution in [0, 0.1) is 6.92 Å². The van der Waals surface area contributed by atoms with Gasteiger partial charge in [0.15, 0.2) is 0 Å². The zero-order valence-corrected chi connectivity index (χ0v) is 20.9. The molecule has 1 aliphatic carbocycles. The maximum atomic E-state index is 13.4. The highest BCUT2D eigenvalue weighted by atomic mass is 32.1. The van der Waals surface area contributed by atoms with Crippen molar-refractivity contribution >= 4 is 56.3 Å². The maximum absolute atomic E-state index is 13.4. The number of thiophene rings is 1. The Balaban J connectivity index is 1.32. The fourth-order valence-electron chi connectivity index (χ4n) is 4.89. The molecule has 1 aliphatic heterocycles. The van der Waals surface area contributed by atoms with Crippen molar-refractivity contribution in [3.05, 3.63) is 71.2 Å². The van der Waals surface area contributed by atoms with Gasteiger partial charge in [0.25, 0.3) is 5.91 Å². The van der Waals surface area contributed by atoms with Crippen LogP contribution >= 0.6 is 11.3 Å². The van der Waals surface area contributed by atoms with Crippen molar-refractivity contribution in [2.24, 2.45) is 0 Å². The molecule has 0 bridgehead atoms. The second kappa shape index (κ2) is 9.33. The standard InChI is InChI=1S/C28H24N4O4S/c1-16-15-20(36-19-5-3-2-4-6-19)11-12-21(16)32-22-13-14-29-27-23(22)24(31-28(32)35)25(37-27)26(34)30-17-7-9-18(33)10-8-17/h2-6,11-15,17H,7-10H2,1H3,(H,30,34)(H,31,35). The van der Waals surface area contributed by atoms with E-state index >= 15 is 0 Å². The van der Waals surface area contributed by atoms with Gasteiger partial charge in [-0.25, -0.2) is 9.78 Å². The zero-order chi connectivity index (χ0) is 25.5. The molecule has 4 aromatic rings. The van der Waals surface area contributed by atoms with Gasteiger partial charge in [-0.3, -0.25) is 14.5 Å². The Kier molecular flexibility index (Phi) is 5.84. The van der Waals surface area contributed by atoms with Crippen molar-refractivity contribution in [3.63, 3.8) is 0 Å². The smallest absolute Gasteiger partial charge is 0.331 e. The number of hydrogen-bond donors (Lipinski definition) is 2. The van der Waals surface area contributed by atoms with E-state index in [-0.39, 0.29) is 23.8 Å². The minimum absolute atomic E-state index is 0.0508. The lowest BCUT2D eigenvalue weighted by molar-refractivity contribution is -0.120. The van der Waals surface area contributed by atoms with E-state index in [9.17, 15) is 14.4 Å². The number of ether oxygens (including phenoxy) is 1. The number of carbonyl (C=O) groups is 3. The van der Waals surface area contributed by atoms with Gasteiger partial charge in [0.05, 0.1) is 22.4 Å². The average Bonchev–Trinajstić information content (AvgIpc) is 3.27. The summed E-state index contributed by atoms with van der Waals surface area (Å²) in [5.74, 6) is 1.38. The number of nitrogens with zero attached hydrogens (tertiary/aromatic N) is 2. The number of aryl methyl sites for hydroxylation is 1. The van der Waals surface area contributed by atoms with E-state index in [2.05, 4.69) is 15.6 Å². The molecule has 3 heterocycles. The number of urea groups is 1. The average molecular weight is 513 g/mol.